The number of carbonyl (C=O) groups excluding carboxylic acids is 5. The second kappa shape index (κ2) is 17.4. The second-order valence-corrected chi connectivity index (χ2v) is 12.3. The zero-order valence-electron chi connectivity index (χ0n) is 28.3. The lowest BCUT2D eigenvalue weighted by Gasteiger charge is -2.26. The van der Waals surface area contributed by atoms with Crippen LogP contribution in [0.3, 0.4) is 0 Å². The van der Waals surface area contributed by atoms with Crippen LogP contribution in [0.5, 0.6) is 11.5 Å². The van der Waals surface area contributed by atoms with Crippen LogP contribution in [0.2, 0.25) is 0 Å². The van der Waals surface area contributed by atoms with Gasteiger partial charge in [-0.05, 0) is 113 Å². The summed E-state index contributed by atoms with van der Waals surface area (Å²) in [7, 11) is 0. The van der Waals surface area contributed by atoms with E-state index in [4.69, 9.17) is 23.7 Å². The highest BCUT2D eigenvalue weighted by Crippen LogP contribution is 2.33. The van der Waals surface area contributed by atoms with Crippen LogP contribution in [0.1, 0.15) is 80.2 Å². The summed E-state index contributed by atoms with van der Waals surface area (Å²) in [6, 6.07) is 8.88. The first-order valence-corrected chi connectivity index (χ1v) is 16.0. The van der Waals surface area contributed by atoms with Gasteiger partial charge >= 0.3 is 29.8 Å². The minimum Gasteiger partial charge on any atom is -0.465 e. The Morgan fingerprint density at radius 3 is 1.91 bits per heavy atom. The maximum atomic E-state index is 12.9. The van der Waals surface area contributed by atoms with Gasteiger partial charge < -0.3 is 23.7 Å². The summed E-state index contributed by atoms with van der Waals surface area (Å²) in [4.78, 5) is 61.1. The minimum absolute atomic E-state index is 0.120. The van der Waals surface area contributed by atoms with Crippen molar-refractivity contribution in [3.05, 3.63) is 70.3 Å². The summed E-state index contributed by atoms with van der Waals surface area (Å²) in [6.45, 7) is 14.6. The van der Waals surface area contributed by atoms with Gasteiger partial charge in [-0.2, -0.15) is 0 Å². The summed E-state index contributed by atoms with van der Waals surface area (Å²) >= 11 is 0. The first-order chi connectivity index (χ1) is 22.2. The highest BCUT2D eigenvalue weighted by atomic mass is 16.6. The molecule has 0 heterocycles. The summed E-state index contributed by atoms with van der Waals surface area (Å²) in [6.07, 6.45) is 1.74. The smallest absolute Gasteiger partial charge is 0.333 e. The first kappa shape index (κ1) is 37.0. The summed E-state index contributed by atoms with van der Waals surface area (Å²) in [5, 5.41) is 0. The van der Waals surface area contributed by atoms with Crippen molar-refractivity contribution in [2.24, 2.45) is 11.8 Å². The molecule has 1 atom stereocenters. The van der Waals surface area contributed by atoms with E-state index in [9.17, 15) is 24.0 Å². The van der Waals surface area contributed by atoms with Crippen molar-refractivity contribution < 1.29 is 47.7 Å². The number of esters is 5. The van der Waals surface area contributed by atoms with E-state index in [1.54, 1.807) is 31.2 Å². The fourth-order valence-corrected chi connectivity index (χ4v) is 5.12. The van der Waals surface area contributed by atoms with Gasteiger partial charge in [0.05, 0.1) is 31.3 Å². The number of benzene rings is 2. The molecule has 0 N–H and O–H groups in total. The molecule has 1 aliphatic carbocycles. The number of hydrogen-bond donors (Lipinski definition) is 0. The van der Waals surface area contributed by atoms with Crippen LogP contribution in [0.15, 0.2) is 42.5 Å². The van der Waals surface area contributed by atoms with Crippen molar-refractivity contribution in [3.63, 3.8) is 0 Å². The van der Waals surface area contributed by atoms with Crippen LogP contribution in [0, 0.1) is 39.5 Å². The van der Waals surface area contributed by atoms with Crippen LogP contribution >= 0.6 is 0 Å². The van der Waals surface area contributed by atoms with E-state index >= 15 is 0 Å². The predicted molar refractivity (Wildman–Crippen MR) is 174 cm³/mol. The Labute approximate surface area is 276 Å². The molecule has 0 aromatic heterocycles. The molecule has 0 aliphatic heterocycles. The third kappa shape index (κ3) is 11.4. The van der Waals surface area contributed by atoms with Crippen molar-refractivity contribution in [3.8, 4) is 11.5 Å². The Morgan fingerprint density at radius 1 is 0.787 bits per heavy atom. The summed E-state index contributed by atoms with van der Waals surface area (Å²) < 4.78 is 26.6. The van der Waals surface area contributed by atoms with Crippen LogP contribution in [0.4, 0.5) is 0 Å². The van der Waals surface area contributed by atoms with Gasteiger partial charge in [0.15, 0.2) is 0 Å². The molecule has 10 heteroatoms. The van der Waals surface area contributed by atoms with E-state index in [0.29, 0.717) is 43.6 Å². The van der Waals surface area contributed by atoms with Crippen molar-refractivity contribution in [1.82, 2.24) is 0 Å². The van der Waals surface area contributed by atoms with Crippen molar-refractivity contribution in [1.29, 1.82) is 0 Å². The van der Waals surface area contributed by atoms with E-state index in [0.717, 1.165) is 22.3 Å². The fourth-order valence-electron chi connectivity index (χ4n) is 5.12. The molecule has 2 aromatic rings. The lowest BCUT2D eigenvalue weighted by molar-refractivity contribution is -0.156. The van der Waals surface area contributed by atoms with Crippen LogP contribution in [-0.4, -0.2) is 49.2 Å². The summed E-state index contributed by atoms with van der Waals surface area (Å²) in [5.74, 6) is -1.80. The monoisotopic (exact) mass is 650 g/mol. The Kier molecular flexibility index (Phi) is 13.7. The number of carbonyl (C=O) groups is 5. The number of hydrogen-bond acceptors (Lipinski definition) is 10. The van der Waals surface area contributed by atoms with Gasteiger partial charge in [0.2, 0.25) is 0 Å². The fraction of sp³-hybridized carbons (Fsp3) is 0.486. The van der Waals surface area contributed by atoms with E-state index in [1.807, 2.05) is 26.8 Å². The van der Waals surface area contributed by atoms with Gasteiger partial charge in [0.1, 0.15) is 24.2 Å². The van der Waals surface area contributed by atoms with E-state index < -0.39 is 24.0 Å². The molecule has 0 bridgehead atoms. The predicted octanol–water partition coefficient (Wildman–Crippen LogP) is 6.15. The normalized spacial score (nSPS) is 16.4. The quantitative estimate of drug-likeness (QED) is 0.101. The molecule has 254 valence electrons. The molecule has 1 aliphatic rings. The molecule has 1 fully saturated rings. The minimum atomic E-state index is -0.633. The average Bonchev–Trinajstić information content (AvgIpc) is 3.05. The summed E-state index contributed by atoms with van der Waals surface area (Å²) in [5.41, 5.74) is 5.49. The van der Waals surface area contributed by atoms with Crippen LogP contribution < -0.4 is 9.47 Å². The van der Waals surface area contributed by atoms with Gasteiger partial charge in [-0.25, -0.2) is 4.79 Å². The molecular formula is C37H46O10. The van der Waals surface area contributed by atoms with Gasteiger partial charge in [0.25, 0.3) is 0 Å². The highest BCUT2D eigenvalue weighted by molar-refractivity contribution is 5.87. The third-order valence-corrected chi connectivity index (χ3v) is 8.50. The van der Waals surface area contributed by atoms with Crippen molar-refractivity contribution in [2.45, 2.75) is 92.6 Å². The molecule has 0 saturated heterocycles. The third-order valence-electron chi connectivity index (χ3n) is 8.50. The Hall–Kier alpha value is -4.47. The van der Waals surface area contributed by atoms with E-state index in [2.05, 4.69) is 13.5 Å². The van der Waals surface area contributed by atoms with Gasteiger partial charge in [-0.1, -0.05) is 18.7 Å². The number of ether oxygens (including phenoxy) is 5. The van der Waals surface area contributed by atoms with Gasteiger partial charge in [-0.3, -0.25) is 19.2 Å². The topological polar surface area (TPSA) is 132 Å². The second-order valence-electron chi connectivity index (χ2n) is 12.3. The Balaban J connectivity index is 1.33. The van der Waals surface area contributed by atoms with Crippen molar-refractivity contribution in [2.75, 3.05) is 13.2 Å². The lowest BCUT2D eigenvalue weighted by Crippen LogP contribution is -2.30. The molecule has 1 saturated carbocycles. The zero-order chi connectivity index (χ0) is 34.7. The van der Waals surface area contributed by atoms with Crippen LogP contribution in [0.25, 0.3) is 0 Å². The molecule has 1 unspecified atom stereocenters. The highest BCUT2D eigenvalue weighted by Gasteiger charge is 2.32. The van der Waals surface area contributed by atoms with E-state index in [1.165, 1.54) is 12.5 Å². The largest absolute Gasteiger partial charge is 0.465 e. The Morgan fingerprint density at radius 2 is 1.34 bits per heavy atom. The SMILES string of the molecule is C=C(C)C(=O)OC(C)COC(=O)CCC(=O)OCCc1ccc(OC(=O)C2CCC(C(=O)Oc3cc(C)c(C)c(C)c3C)CC2)cc1. The molecule has 0 spiro atoms. The molecular weight excluding hydrogens is 604 g/mol. The Bertz CT molecular complexity index is 1460. The number of rotatable bonds is 14. The molecule has 10 nitrogen and oxygen atoms in total. The van der Waals surface area contributed by atoms with Gasteiger partial charge in [-0.15, -0.1) is 0 Å². The maximum absolute atomic E-state index is 12.9. The molecule has 3 rings (SSSR count). The van der Waals surface area contributed by atoms with Crippen molar-refractivity contribution >= 4 is 29.8 Å². The zero-order valence-corrected chi connectivity index (χ0v) is 28.3. The molecule has 0 radical (unpaired) electrons. The maximum Gasteiger partial charge on any atom is 0.333 e. The standard InChI is InChI=1S/C37H46O10/c1-22(2)35(40)45-24(4)21-44-34(39)17-16-33(38)43-19-18-28-8-14-31(15-9-28)46-36(41)29-10-12-30(13-11-29)37(42)47-32-20-23(3)25(5)26(6)27(32)7/h8-9,14-15,20,24,29-30H,1,10-13,16-19,21H2,2-7H3. The first-order valence-electron chi connectivity index (χ1n) is 16.0. The molecule has 0 amide bonds. The average molecular weight is 651 g/mol. The van der Waals surface area contributed by atoms with E-state index in [-0.39, 0.29) is 55.4 Å². The molecule has 47 heavy (non-hydrogen) atoms. The molecule has 2 aromatic carbocycles. The van der Waals surface area contributed by atoms with Gasteiger partial charge in [0, 0.05) is 12.0 Å². The van der Waals surface area contributed by atoms with Crippen LogP contribution in [-0.2, 0) is 44.6 Å². The lowest BCUT2D eigenvalue weighted by atomic mass is 9.82. The number of aryl methyl sites for hydroxylation is 1.